The molecule has 3 aromatic rings. The summed E-state index contributed by atoms with van der Waals surface area (Å²) in [5.41, 5.74) is 3.20. The maximum absolute atomic E-state index is 13.5. The van der Waals surface area contributed by atoms with E-state index in [0.717, 1.165) is 23.3 Å². The lowest BCUT2D eigenvalue weighted by atomic mass is 10.0. The third kappa shape index (κ3) is 8.60. The molecule has 0 saturated heterocycles. The van der Waals surface area contributed by atoms with Crippen LogP contribution in [-0.2, 0) is 22.6 Å². The highest BCUT2D eigenvalue weighted by atomic mass is 16.5. The lowest BCUT2D eigenvalue weighted by Gasteiger charge is -2.31. The highest BCUT2D eigenvalue weighted by Gasteiger charge is 2.29. The molecule has 1 atom stereocenters. The van der Waals surface area contributed by atoms with Gasteiger partial charge in [0.1, 0.15) is 11.8 Å². The van der Waals surface area contributed by atoms with Crippen LogP contribution >= 0.6 is 0 Å². The van der Waals surface area contributed by atoms with Crippen LogP contribution in [0.1, 0.15) is 42.9 Å². The van der Waals surface area contributed by atoms with Crippen LogP contribution in [0.25, 0.3) is 0 Å². The first-order valence-electron chi connectivity index (χ1n) is 12.4. The maximum atomic E-state index is 13.5. The fraction of sp³-hybridized carbons (Fsp3) is 0.333. The molecule has 2 amide bonds. The Labute approximate surface area is 209 Å². The summed E-state index contributed by atoms with van der Waals surface area (Å²) in [6.45, 7) is 5.47. The Morgan fingerprint density at radius 1 is 0.886 bits per heavy atom. The first-order chi connectivity index (χ1) is 17.1. The highest BCUT2D eigenvalue weighted by Crippen LogP contribution is 2.17. The van der Waals surface area contributed by atoms with Gasteiger partial charge in [-0.1, -0.05) is 85.3 Å². The number of nitrogens with zero attached hydrogens (tertiary/aromatic N) is 1. The van der Waals surface area contributed by atoms with E-state index in [1.807, 2.05) is 98.8 Å². The van der Waals surface area contributed by atoms with Gasteiger partial charge in [0.05, 0.1) is 6.61 Å². The summed E-state index contributed by atoms with van der Waals surface area (Å²) in [5, 5.41) is 3.01. The average Bonchev–Trinajstić information content (AvgIpc) is 2.89. The fourth-order valence-corrected chi connectivity index (χ4v) is 3.89. The molecule has 0 bridgehead atoms. The van der Waals surface area contributed by atoms with Crippen molar-refractivity contribution < 1.29 is 14.3 Å². The number of benzene rings is 3. The van der Waals surface area contributed by atoms with Crippen molar-refractivity contribution >= 4 is 11.8 Å². The summed E-state index contributed by atoms with van der Waals surface area (Å²) in [4.78, 5) is 28.5. The molecule has 0 aliphatic heterocycles. The van der Waals surface area contributed by atoms with Gasteiger partial charge in [-0.15, -0.1) is 0 Å². The largest absolute Gasteiger partial charge is 0.494 e. The number of carbonyl (C=O) groups is 2. The number of hydrogen-bond acceptors (Lipinski definition) is 3. The third-order valence-corrected chi connectivity index (χ3v) is 5.84. The van der Waals surface area contributed by atoms with Crippen LogP contribution in [-0.4, -0.2) is 35.9 Å². The zero-order valence-corrected chi connectivity index (χ0v) is 20.8. The average molecular weight is 473 g/mol. The summed E-state index contributed by atoms with van der Waals surface area (Å²) in [7, 11) is 0. The van der Waals surface area contributed by atoms with Gasteiger partial charge >= 0.3 is 0 Å². The molecule has 0 aromatic heterocycles. The predicted molar refractivity (Wildman–Crippen MR) is 140 cm³/mol. The standard InChI is InChI=1S/C30H36N2O3/c1-3-20-31-30(34)28(22-25-11-6-4-7-12-25)32(23-26-13-8-5-9-14-26)29(33)15-10-21-35-27-18-16-24(2)17-19-27/h4-9,11-14,16-19,28H,3,10,15,20-23H2,1-2H3,(H,31,34). The van der Waals surface area contributed by atoms with Crippen molar-refractivity contribution in [2.75, 3.05) is 13.2 Å². The summed E-state index contributed by atoms with van der Waals surface area (Å²) < 4.78 is 5.82. The quantitative estimate of drug-likeness (QED) is 0.343. The second kappa shape index (κ2) is 14.0. The van der Waals surface area contributed by atoms with Crippen molar-refractivity contribution in [3.05, 3.63) is 102 Å². The molecule has 1 N–H and O–H groups in total. The summed E-state index contributed by atoms with van der Waals surface area (Å²) in [6.07, 6.45) is 2.19. The Balaban J connectivity index is 1.74. The molecule has 0 aliphatic rings. The molecule has 0 heterocycles. The Hall–Kier alpha value is -3.60. The molecule has 35 heavy (non-hydrogen) atoms. The first kappa shape index (κ1) is 26.0. The van der Waals surface area contributed by atoms with Crippen molar-refractivity contribution in [3.63, 3.8) is 0 Å². The molecule has 3 rings (SSSR count). The fourth-order valence-electron chi connectivity index (χ4n) is 3.89. The van der Waals surface area contributed by atoms with E-state index in [0.29, 0.717) is 39.0 Å². The minimum absolute atomic E-state index is 0.0473. The van der Waals surface area contributed by atoms with E-state index in [1.165, 1.54) is 5.56 Å². The van der Waals surface area contributed by atoms with Crippen molar-refractivity contribution in [3.8, 4) is 5.75 Å². The number of ether oxygens (including phenoxy) is 1. The van der Waals surface area contributed by atoms with Crippen LogP contribution in [0, 0.1) is 6.92 Å². The Morgan fingerprint density at radius 3 is 2.14 bits per heavy atom. The summed E-state index contributed by atoms with van der Waals surface area (Å²) in [5.74, 6) is 0.634. The molecular weight excluding hydrogens is 436 g/mol. The van der Waals surface area contributed by atoms with Crippen LogP contribution < -0.4 is 10.1 Å². The van der Waals surface area contributed by atoms with Crippen LogP contribution in [0.2, 0.25) is 0 Å². The second-order valence-electron chi connectivity index (χ2n) is 8.77. The maximum Gasteiger partial charge on any atom is 0.243 e. The predicted octanol–water partition coefficient (Wildman–Crippen LogP) is 5.32. The van der Waals surface area contributed by atoms with Gasteiger partial charge in [-0.2, -0.15) is 0 Å². The van der Waals surface area contributed by atoms with Gasteiger partial charge in [-0.3, -0.25) is 9.59 Å². The van der Waals surface area contributed by atoms with E-state index in [2.05, 4.69) is 5.32 Å². The molecule has 3 aromatic carbocycles. The molecule has 5 nitrogen and oxygen atoms in total. The minimum Gasteiger partial charge on any atom is -0.494 e. The molecule has 1 unspecified atom stereocenters. The number of amides is 2. The topological polar surface area (TPSA) is 58.6 Å². The molecule has 0 aliphatic carbocycles. The lowest BCUT2D eigenvalue weighted by molar-refractivity contribution is -0.141. The molecule has 0 spiro atoms. The SMILES string of the molecule is CCCNC(=O)C(Cc1ccccc1)N(Cc1ccccc1)C(=O)CCCOc1ccc(C)cc1. The normalized spacial score (nSPS) is 11.5. The Kier molecular flexibility index (Phi) is 10.4. The van der Waals surface area contributed by atoms with E-state index in [4.69, 9.17) is 4.74 Å². The molecular formula is C30H36N2O3. The molecule has 5 heteroatoms. The Morgan fingerprint density at radius 2 is 1.51 bits per heavy atom. The van der Waals surface area contributed by atoms with Gasteiger partial charge in [-0.05, 0) is 43.0 Å². The van der Waals surface area contributed by atoms with Gasteiger partial charge in [0.15, 0.2) is 0 Å². The molecule has 0 radical (unpaired) electrons. The van der Waals surface area contributed by atoms with Crippen molar-refractivity contribution in [1.82, 2.24) is 10.2 Å². The summed E-state index contributed by atoms with van der Waals surface area (Å²) >= 11 is 0. The van der Waals surface area contributed by atoms with Gasteiger partial charge in [-0.25, -0.2) is 0 Å². The zero-order valence-electron chi connectivity index (χ0n) is 20.8. The zero-order chi connectivity index (χ0) is 24.9. The first-order valence-corrected chi connectivity index (χ1v) is 12.4. The number of hydrogen-bond donors (Lipinski definition) is 1. The monoisotopic (exact) mass is 472 g/mol. The Bertz CT molecular complexity index is 1040. The van der Waals surface area contributed by atoms with Crippen LogP contribution in [0.3, 0.4) is 0 Å². The number of carbonyl (C=O) groups excluding carboxylic acids is 2. The van der Waals surface area contributed by atoms with E-state index >= 15 is 0 Å². The molecule has 0 fully saturated rings. The summed E-state index contributed by atoms with van der Waals surface area (Å²) in [6, 6.07) is 27.0. The third-order valence-electron chi connectivity index (χ3n) is 5.84. The van der Waals surface area contributed by atoms with Crippen LogP contribution in [0.5, 0.6) is 5.75 Å². The van der Waals surface area contributed by atoms with Crippen molar-refractivity contribution in [2.24, 2.45) is 0 Å². The number of nitrogens with one attached hydrogen (secondary N) is 1. The minimum atomic E-state index is -0.588. The van der Waals surface area contributed by atoms with Crippen molar-refractivity contribution in [2.45, 2.75) is 52.1 Å². The van der Waals surface area contributed by atoms with Crippen molar-refractivity contribution in [1.29, 1.82) is 0 Å². The van der Waals surface area contributed by atoms with E-state index in [1.54, 1.807) is 4.90 Å². The van der Waals surface area contributed by atoms with Gasteiger partial charge in [0.25, 0.3) is 0 Å². The van der Waals surface area contributed by atoms with E-state index in [9.17, 15) is 9.59 Å². The second-order valence-corrected chi connectivity index (χ2v) is 8.77. The van der Waals surface area contributed by atoms with E-state index in [-0.39, 0.29) is 11.8 Å². The van der Waals surface area contributed by atoms with Crippen LogP contribution in [0.15, 0.2) is 84.9 Å². The molecule has 184 valence electrons. The van der Waals surface area contributed by atoms with E-state index < -0.39 is 6.04 Å². The van der Waals surface area contributed by atoms with Gasteiger partial charge < -0.3 is 15.0 Å². The van der Waals surface area contributed by atoms with Gasteiger partial charge in [0, 0.05) is 25.9 Å². The van der Waals surface area contributed by atoms with Crippen LogP contribution in [0.4, 0.5) is 0 Å². The van der Waals surface area contributed by atoms with Gasteiger partial charge in [0.2, 0.25) is 11.8 Å². The lowest BCUT2D eigenvalue weighted by Crippen LogP contribution is -2.50. The number of aryl methyl sites for hydroxylation is 1. The highest BCUT2D eigenvalue weighted by molar-refractivity contribution is 5.88. The smallest absolute Gasteiger partial charge is 0.243 e. The molecule has 0 saturated carbocycles. The number of rotatable bonds is 13.